The van der Waals surface area contributed by atoms with Gasteiger partial charge in [0.05, 0.1) is 33.4 Å². The Hall–Kier alpha value is -7.59. The number of hydrogen-bond donors (Lipinski definition) is 3. The number of piperidine rings is 1. The molecule has 0 radical (unpaired) electrons. The molecule has 3 amide bonds. The number of hydrogen-bond acceptors (Lipinski definition) is 12. The number of carbonyl (C=O) groups is 4. The van der Waals surface area contributed by atoms with Crippen molar-refractivity contribution in [3.63, 3.8) is 0 Å². The molecular formula is C57H57N9O6S. The number of aryl methyl sites for hydroxylation is 2. The Morgan fingerprint density at radius 2 is 1.67 bits per heavy atom. The Labute approximate surface area is 426 Å². The maximum absolute atomic E-state index is 13.6. The molecule has 4 aromatic carbocycles. The molecule has 372 valence electrons. The van der Waals surface area contributed by atoms with Crippen LogP contribution in [0.3, 0.4) is 0 Å². The monoisotopic (exact) mass is 995 g/mol. The second-order valence-corrected chi connectivity index (χ2v) is 21.3. The number of anilines is 3. The Morgan fingerprint density at radius 3 is 2.47 bits per heavy atom. The summed E-state index contributed by atoms with van der Waals surface area (Å²) in [6, 6.07) is 29.6. The van der Waals surface area contributed by atoms with Crippen molar-refractivity contribution in [2.45, 2.75) is 76.9 Å². The van der Waals surface area contributed by atoms with Crippen molar-refractivity contribution in [1.82, 2.24) is 30.0 Å². The second-order valence-electron chi connectivity index (χ2n) is 20.3. The van der Waals surface area contributed by atoms with Gasteiger partial charge in [-0.15, -0.1) is 0 Å². The van der Waals surface area contributed by atoms with Crippen LogP contribution in [0.5, 0.6) is 5.75 Å². The van der Waals surface area contributed by atoms with Crippen molar-refractivity contribution >= 4 is 72.8 Å². The Balaban J connectivity index is 0.634. The molecule has 2 saturated carbocycles. The maximum Gasteiger partial charge on any atom is 0.355 e. The molecule has 15 nitrogen and oxygen atoms in total. The zero-order valence-electron chi connectivity index (χ0n) is 41.0. The SMILES string of the molecule is Cc1cc(OC2CCC([C@@H]3CC3=CN3CCN(c4ccc5c(C6CCC(=O)NC6=O)nn(C)c5c4)CC3)CC2)ccc1-c1ccc(N2CCc3cccc(C(=O)Nc4nc5ccccc5s4)c3C2)nc1C(=O)O. The lowest BCUT2D eigenvalue weighted by molar-refractivity contribution is -0.134. The van der Waals surface area contributed by atoms with Crippen molar-refractivity contribution in [1.29, 1.82) is 0 Å². The normalized spacial score (nSPS) is 21.6. The average Bonchev–Trinajstić information content (AvgIpc) is 3.92. The van der Waals surface area contributed by atoms with Gasteiger partial charge in [0, 0.05) is 74.9 Å². The summed E-state index contributed by atoms with van der Waals surface area (Å²) in [5.74, 6) is 0.459. The zero-order chi connectivity index (χ0) is 49.9. The lowest BCUT2D eigenvalue weighted by Crippen LogP contribution is -2.44. The van der Waals surface area contributed by atoms with Crippen molar-refractivity contribution in [3.8, 4) is 16.9 Å². The third kappa shape index (κ3) is 9.28. The molecule has 2 saturated heterocycles. The maximum atomic E-state index is 13.6. The van der Waals surface area contributed by atoms with E-state index in [0.29, 0.717) is 66.3 Å². The van der Waals surface area contributed by atoms with Crippen molar-refractivity contribution in [2.75, 3.05) is 47.8 Å². The van der Waals surface area contributed by atoms with Crippen LogP contribution in [0, 0.1) is 18.8 Å². The van der Waals surface area contributed by atoms with Crippen LogP contribution < -0.4 is 25.2 Å². The lowest BCUT2D eigenvalue weighted by Gasteiger charge is -2.35. The smallest absolute Gasteiger partial charge is 0.355 e. The molecule has 3 N–H and O–H groups in total. The van der Waals surface area contributed by atoms with Crippen molar-refractivity contribution in [3.05, 3.63) is 136 Å². The molecule has 2 aliphatic carbocycles. The minimum atomic E-state index is -1.10. The number of piperazine rings is 1. The van der Waals surface area contributed by atoms with E-state index in [-0.39, 0.29) is 29.5 Å². The molecule has 1 unspecified atom stereocenters. The first kappa shape index (κ1) is 46.5. The number of para-hydroxylation sites is 1. The summed E-state index contributed by atoms with van der Waals surface area (Å²) in [7, 11) is 1.92. The number of carboxylic acid groups (broad SMARTS) is 1. The summed E-state index contributed by atoms with van der Waals surface area (Å²) in [5.41, 5.74) is 10.1. The summed E-state index contributed by atoms with van der Waals surface area (Å²) in [4.78, 5) is 67.1. The Bertz CT molecular complexity index is 3350. The summed E-state index contributed by atoms with van der Waals surface area (Å²) < 4.78 is 9.44. The summed E-state index contributed by atoms with van der Waals surface area (Å²) in [6.07, 6.45) is 9.55. The standard InChI is InChI=1S/C57H57N9O6S/c1-33-28-39(15-17-40(33)41-18-20-50(59-53(41)56(70)71)66-23-22-34-6-5-7-42(46(34)32-66)54(68)61-57-58-47-8-3-4-9-49(47)73-57)72-38-13-10-35(11-14-38)45-29-36(45)31-64-24-26-65(27-25-64)37-12-16-43-48(30-37)63(2)62-52(43)44-19-21-51(67)60-55(44)69/h3-9,12,15-18,20,28,30-31,35,38,44-45H,10-11,13-14,19,21-27,29,32H2,1-2H3,(H,70,71)(H,58,61,68)(H,60,67,69)/t35?,38?,44?,45-/m0/s1. The van der Waals surface area contributed by atoms with E-state index in [0.717, 1.165) is 112 Å². The van der Waals surface area contributed by atoms with Gasteiger partial charge in [0.15, 0.2) is 10.8 Å². The molecule has 3 aliphatic heterocycles. The lowest BCUT2D eigenvalue weighted by atomic mass is 9.84. The third-order valence-electron chi connectivity index (χ3n) is 15.8. The number of pyridine rings is 1. The Kier molecular flexibility index (Phi) is 12.2. The van der Waals surface area contributed by atoms with E-state index in [2.05, 4.69) is 49.8 Å². The second kappa shape index (κ2) is 19.1. The van der Waals surface area contributed by atoms with Gasteiger partial charge in [-0.05, 0) is 153 Å². The van der Waals surface area contributed by atoms with Gasteiger partial charge in [-0.25, -0.2) is 14.8 Å². The molecule has 5 aliphatic rings. The third-order valence-corrected chi connectivity index (χ3v) is 16.7. The van der Waals surface area contributed by atoms with E-state index in [1.807, 2.05) is 96.3 Å². The first-order valence-corrected chi connectivity index (χ1v) is 26.4. The number of imide groups is 1. The highest BCUT2D eigenvalue weighted by Crippen LogP contribution is 2.49. The molecule has 0 spiro atoms. The minimum Gasteiger partial charge on any atom is -0.490 e. The highest BCUT2D eigenvalue weighted by molar-refractivity contribution is 7.22. The molecule has 4 fully saturated rings. The van der Waals surface area contributed by atoms with E-state index < -0.39 is 11.9 Å². The van der Waals surface area contributed by atoms with Gasteiger partial charge in [-0.1, -0.05) is 47.2 Å². The minimum absolute atomic E-state index is 0.0143. The van der Waals surface area contributed by atoms with Gasteiger partial charge in [-0.2, -0.15) is 5.10 Å². The molecule has 3 aromatic heterocycles. The molecule has 6 heterocycles. The molecule has 7 aromatic rings. The van der Waals surface area contributed by atoms with E-state index in [4.69, 9.17) is 14.8 Å². The molecule has 73 heavy (non-hydrogen) atoms. The number of allylic oxidation sites excluding steroid dienone is 1. The van der Waals surface area contributed by atoms with Gasteiger partial charge in [0.25, 0.3) is 5.91 Å². The number of rotatable bonds is 11. The summed E-state index contributed by atoms with van der Waals surface area (Å²) in [5, 5.41) is 22.2. The molecular weight excluding hydrogens is 939 g/mol. The van der Waals surface area contributed by atoms with Crippen molar-refractivity contribution in [2.24, 2.45) is 18.9 Å². The zero-order valence-corrected chi connectivity index (χ0v) is 41.8. The number of ether oxygens (including phenoxy) is 1. The van der Waals surface area contributed by atoms with Crippen LogP contribution in [0.25, 0.3) is 32.2 Å². The van der Waals surface area contributed by atoms with Crippen LogP contribution >= 0.6 is 11.3 Å². The van der Waals surface area contributed by atoms with Crippen LogP contribution in [-0.2, 0) is 29.6 Å². The number of benzene rings is 4. The fourth-order valence-corrected chi connectivity index (χ4v) is 12.6. The van der Waals surface area contributed by atoms with Gasteiger partial charge in [0.2, 0.25) is 11.8 Å². The molecule has 16 heteroatoms. The fraction of sp³-hybridized carbons (Fsp3) is 0.351. The topological polar surface area (TPSA) is 175 Å². The number of carboxylic acids is 1. The van der Waals surface area contributed by atoms with Gasteiger partial charge in [-0.3, -0.25) is 29.7 Å². The number of carbonyl (C=O) groups excluding carboxylic acids is 3. The number of nitrogens with zero attached hydrogens (tertiary/aromatic N) is 7. The number of amides is 3. The van der Waals surface area contributed by atoms with E-state index >= 15 is 0 Å². The number of aromatic nitrogens is 4. The van der Waals surface area contributed by atoms with Crippen LogP contribution in [0.4, 0.5) is 16.6 Å². The average molecular weight is 996 g/mol. The van der Waals surface area contributed by atoms with Crippen LogP contribution in [0.1, 0.15) is 94.1 Å². The largest absolute Gasteiger partial charge is 0.490 e. The van der Waals surface area contributed by atoms with Crippen LogP contribution in [-0.4, -0.2) is 92.3 Å². The fourth-order valence-electron chi connectivity index (χ4n) is 11.7. The van der Waals surface area contributed by atoms with E-state index in [1.54, 1.807) is 5.57 Å². The Morgan fingerprint density at radius 1 is 0.849 bits per heavy atom. The van der Waals surface area contributed by atoms with Gasteiger partial charge < -0.3 is 24.5 Å². The highest BCUT2D eigenvalue weighted by atomic mass is 32.1. The first-order valence-electron chi connectivity index (χ1n) is 25.5. The van der Waals surface area contributed by atoms with Crippen LogP contribution in [0.2, 0.25) is 0 Å². The van der Waals surface area contributed by atoms with Crippen LogP contribution in [0.15, 0.2) is 103 Å². The number of thiazole rings is 1. The number of nitrogens with one attached hydrogen (secondary N) is 2. The van der Waals surface area contributed by atoms with Gasteiger partial charge in [0.1, 0.15) is 11.6 Å². The molecule has 0 bridgehead atoms. The number of fused-ring (bicyclic) bond motifs is 3. The highest BCUT2D eigenvalue weighted by Gasteiger charge is 2.40. The van der Waals surface area contributed by atoms with E-state index in [9.17, 15) is 24.3 Å². The van der Waals surface area contributed by atoms with Gasteiger partial charge >= 0.3 is 5.97 Å². The van der Waals surface area contributed by atoms with E-state index in [1.165, 1.54) is 17.8 Å². The summed E-state index contributed by atoms with van der Waals surface area (Å²) >= 11 is 1.44. The quantitative estimate of drug-likeness (QED) is 0.105. The predicted molar refractivity (Wildman–Crippen MR) is 282 cm³/mol. The first-order chi connectivity index (χ1) is 35.5. The predicted octanol–water partition coefficient (Wildman–Crippen LogP) is 9.25. The molecule has 12 rings (SSSR count). The van der Waals surface area contributed by atoms with Crippen molar-refractivity contribution < 1.29 is 29.0 Å². The number of aromatic carboxylic acids is 1. The summed E-state index contributed by atoms with van der Waals surface area (Å²) in [6.45, 7) is 6.83. The molecule has 2 atom stereocenters.